The van der Waals surface area contributed by atoms with Gasteiger partial charge in [0.2, 0.25) is 5.91 Å². The van der Waals surface area contributed by atoms with E-state index in [-0.39, 0.29) is 23.8 Å². The van der Waals surface area contributed by atoms with Gasteiger partial charge in [0, 0.05) is 18.2 Å². The van der Waals surface area contributed by atoms with Crippen LogP contribution < -0.4 is 19.5 Å². The summed E-state index contributed by atoms with van der Waals surface area (Å²) in [6, 6.07) is 20.0. The Morgan fingerprint density at radius 1 is 1.03 bits per heavy atom. The Morgan fingerprint density at radius 2 is 1.79 bits per heavy atom. The zero-order valence-electron chi connectivity index (χ0n) is 18.9. The lowest BCUT2D eigenvalue weighted by molar-refractivity contribution is -0.116. The first-order valence-electron chi connectivity index (χ1n) is 10.5. The van der Waals surface area contributed by atoms with Crippen molar-refractivity contribution in [3.05, 3.63) is 77.9 Å². The summed E-state index contributed by atoms with van der Waals surface area (Å²) in [6.45, 7) is 2.06. The molecular formula is C25H25N3O5S. The normalized spacial score (nSPS) is 10.7. The molecule has 0 aliphatic heterocycles. The number of hydrogen-bond donors (Lipinski definition) is 2. The summed E-state index contributed by atoms with van der Waals surface area (Å²) in [4.78, 5) is 12.5. The number of nitrogens with zero attached hydrogens (tertiary/aromatic N) is 1. The molecule has 0 radical (unpaired) electrons. The first-order valence-corrected chi connectivity index (χ1v) is 12.0. The minimum absolute atomic E-state index is 0.155. The van der Waals surface area contributed by atoms with Gasteiger partial charge in [-0.2, -0.15) is 5.26 Å². The van der Waals surface area contributed by atoms with E-state index in [1.165, 1.54) is 19.2 Å². The van der Waals surface area contributed by atoms with Crippen LogP contribution in [-0.2, 0) is 14.8 Å². The number of benzene rings is 3. The van der Waals surface area contributed by atoms with Gasteiger partial charge in [-0.1, -0.05) is 24.3 Å². The molecule has 0 aliphatic rings. The molecule has 0 aromatic heterocycles. The van der Waals surface area contributed by atoms with Crippen molar-refractivity contribution in [1.29, 1.82) is 5.26 Å². The lowest BCUT2D eigenvalue weighted by atomic mass is 10.2. The van der Waals surface area contributed by atoms with Gasteiger partial charge in [0.25, 0.3) is 10.0 Å². The third-order valence-corrected chi connectivity index (χ3v) is 6.30. The smallest absolute Gasteiger partial charge is 0.261 e. The number of sulfonamides is 1. The SMILES string of the molecule is COc1cc(C#N)ccc1OCCCC(=O)Nc1ccc(C)c(NS(=O)(=O)c2ccccc2)c1. The number of methoxy groups -OCH3 is 1. The predicted octanol–water partition coefficient (Wildman–Crippen LogP) is 4.47. The van der Waals surface area contributed by atoms with Crippen LogP contribution in [0.5, 0.6) is 11.5 Å². The third kappa shape index (κ3) is 6.49. The summed E-state index contributed by atoms with van der Waals surface area (Å²) in [6.07, 6.45) is 0.659. The van der Waals surface area contributed by atoms with Crippen molar-refractivity contribution in [2.24, 2.45) is 0 Å². The van der Waals surface area contributed by atoms with E-state index in [0.29, 0.717) is 34.9 Å². The second-order valence-corrected chi connectivity index (χ2v) is 9.11. The van der Waals surface area contributed by atoms with Crippen molar-refractivity contribution >= 4 is 27.3 Å². The quantitative estimate of drug-likeness (QED) is 0.414. The summed E-state index contributed by atoms with van der Waals surface area (Å²) in [5.74, 6) is 0.723. The highest BCUT2D eigenvalue weighted by atomic mass is 32.2. The zero-order chi connectivity index (χ0) is 24.6. The second kappa shape index (κ2) is 11.2. The second-order valence-electron chi connectivity index (χ2n) is 7.43. The molecule has 0 bridgehead atoms. The molecule has 8 nitrogen and oxygen atoms in total. The van der Waals surface area contributed by atoms with Gasteiger partial charge in [0.1, 0.15) is 0 Å². The minimum atomic E-state index is -3.74. The number of ether oxygens (including phenoxy) is 2. The highest BCUT2D eigenvalue weighted by Crippen LogP contribution is 2.28. The molecule has 0 heterocycles. The molecule has 0 saturated carbocycles. The Balaban J connectivity index is 1.55. The van der Waals surface area contributed by atoms with Gasteiger partial charge in [-0.05, 0) is 55.3 Å². The highest BCUT2D eigenvalue weighted by Gasteiger charge is 2.15. The van der Waals surface area contributed by atoms with Crippen LogP contribution in [0.4, 0.5) is 11.4 Å². The molecule has 3 aromatic carbocycles. The Hall–Kier alpha value is -4.03. The Kier molecular flexibility index (Phi) is 8.11. The molecule has 34 heavy (non-hydrogen) atoms. The van der Waals surface area contributed by atoms with Crippen LogP contribution in [0.15, 0.2) is 71.6 Å². The van der Waals surface area contributed by atoms with Crippen LogP contribution in [0.3, 0.4) is 0 Å². The van der Waals surface area contributed by atoms with Crippen molar-refractivity contribution in [1.82, 2.24) is 0 Å². The van der Waals surface area contributed by atoms with E-state index in [0.717, 1.165) is 5.56 Å². The van der Waals surface area contributed by atoms with Gasteiger partial charge in [0.05, 0.1) is 35.9 Å². The molecule has 9 heteroatoms. The monoisotopic (exact) mass is 479 g/mol. The molecule has 1 amide bonds. The molecule has 0 atom stereocenters. The summed E-state index contributed by atoms with van der Waals surface area (Å²) < 4.78 is 38.7. The molecule has 0 fully saturated rings. The number of carbonyl (C=O) groups is 1. The molecule has 0 aliphatic carbocycles. The van der Waals surface area contributed by atoms with Crippen molar-refractivity contribution in [2.75, 3.05) is 23.8 Å². The van der Waals surface area contributed by atoms with Gasteiger partial charge in [0.15, 0.2) is 11.5 Å². The van der Waals surface area contributed by atoms with Gasteiger partial charge in [-0.15, -0.1) is 0 Å². The number of carbonyl (C=O) groups excluding carboxylic acids is 1. The third-order valence-electron chi connectivity index (χ3n) is 4.92. The first kappa shape index (κ1) is 24.6. The fourth-order valence-corrected chi connectivity index (χ4v) is 4.25. The van der Waals surface area contributed by atoms with Crippen molar-refractivity contribution in [3.8, 4) is 17.6 Å². The summed E-state index contributed by atoms with van der Waals surface area (Å²) >= 11 is 0. The number of anilines is 2. The van der Waals surface area contributed by atoms with Crippen molar-refractivity contribution in [2.45, 2.75) is 24.7 Å². The van der Waals surface area contributed by atoms with Crippen LogP contribution in [0.25, 0.3) is 0 Å². The predicted molar refractivity (Wildman–Crippen MR) is 129 cm³/mol. The maximum absolute atomic E-state index is 12.6. The largest absolute Gasteiger partial charge is 0.493 e. The molecule has 176 valence electrons. The number of nitrogens with one attached hydrogen (secondary N) is 2. The molecule has 0 saturated heterocycles. The molecule has 0 unspecified atom stereocenters. The summed E-state index contributed by atoms with van der Waals surface area (Å²) in [5.41, 5.74) is 2.06. The average molecular weight is 480 g/mol. The minimum Gasteiger partial charge on any atom is -0.493 e. The van der Waals surface area contributed by atoms with Crippen molar-refractivity contribution < 1.29 is 22.7 Å². The number of aryl methyl sites for hydroxylation is 1. The van der Waals surface area contributed by atoms with Crippen LogP contribution in [0.2, 0.25) is 0 Å². The molecule has 0 spiro atoms. The fraction of sp³-hybridized carbons (Fsp3) is 0.200. The molecule has 3 rings (SSSR count). The number of nitriles is 1. The topological polar surface area (TPSA) is 118 Å². The standard InChI is InChI=1S/C25H25N3O5S/c1-18-10-12-20(16-22(18)28-34(30,31)21-7-4-3-5-8-21)27-25(29)9-6-14-33-23-13-11-19(17-26)15-24(23)32-2/h3-5,7-8,10-13,15-16,28H,6,9,14H2,1-2H3,(H,27,29). The van der Waals surface area contributed by atoms with Gasteiger partial charge >= 0.3 is 0 Å². The number of rotatable bonds is 10. The van der Waals surface area contributed by atoms with E-state index >= 15 is 0 Å². The fourth-order valence-electron chi connectivity index (χ4n) is 3.11. The van der Waals surface area contributed by atoms with E-state index in [2.05, 4.69) is 10.0 Å². The Bertz CT molecular complexity index is 1300. The van der Waals surface area contributed by atoms with Gasteiger partial charge in [-0.3, -0.25) is 9.52 Å². The maximum Gasteiger partial charge on any atom is 0.261 e. The zero-order valence-corrected chi connectivity index (χ0v) is 19.7. The number of amides is 1. The lowest BCUT2D eigenvalue weighted by Crippen LogP contribution is -2.15. The Morgan fingerprint density at radius 3 is 2.50 bits per heavy atom. The van der Waals surface area contributed by atoms with Crippen molar-refractivity contribution in [3.63, 3.8) is 0 Å². The van der Waals surface area contributed by atoms with E-state index in [4.69, 9.17) is 14.7 Å². The summed E-state index contributed by atoms with van der Waals surface area (Å²) in [7, 11) is -2.25. The summed E-state index contributed by atoms with van der Waals surface area (Å²) in [5, 5.41) is 11.7. The average Bonchev–Trinajstić information content (AvgIpc) is 2.84. The number of hydrogen-bond acceptors (Lipinski definition) is 6. The Labute approximate surface area is 199 Å². The van der Waals surface area contributed by atoms with Crippen LogP contribution in [0, 0.1) is 18.3 Å². The maximum atomic E-state index is 12.6. The van der Waals surface area contributed by atoms with Crippen LogP contribution in [0.1, 0.15) is 24.0 Å². The first-order chi connectivity index (χ1) is 16.3. The molecule has 3 aromatic rings. The van der Waals surface area contributed by atoms with E-state index in [1.54, 1.807) is 61.5 Å². The van der Waals surface area contributed by atoms with Crippen LogP contribution >= 0.6 is 0 Å². The van der Waals surface area contributed by atoms with Gasteiger partial charge in [-0.25, -0.2) is 8.42 Å². The van der Waals surface area contributed by atoms with E-state index < -0.39 is 10.0 Å². The highest BCUT2D eigenvalue weighted by molar-refractivity contribution is 7.92. The molecule has 2 N–H and O–H groups in total. The van der Waals surface area contributed by atoms with E-state index in [1.807, 2.05) is 6.07 Å². The lowest BCUT2D eigenvalue weighted by Gasteiger charge is -2.13. The molecular weight excluding hydrogens is 454 g/mol. The van der Waals surface area contributed by atoms with Gasteiger partial charge < -0.3 is 14.8 Å². The van der Waals surface area contributed by atoms with E-state index in [9.17, 15) is 13.2 Å². The van der Waals surface area contributed by atoms with Crippen LogP contribution in [-0.4, -0.2) is 28.0 Å².